The number of benzene rings is 1. The van der Waals surface area contributed by atoms with Gasteiger partial charge in [0.2, 0.25) is 0 Å². The molecule has 104 valence electrons. The normalized spacial score (nSPS) is 15.3. The molecule has 5 heteroatoms. The van der Waals surface area contributed by atoms with Gasteiger partial charge in [-0.05, 0) is 18.9 Å². The maximum atomic E-state index is 12.2. The average Bonchev–Trinajstić information content (AvgIpc) is 2.40. The van der Waals surface area contributed by atoms with Crippen LogP contribution in [0.4, 0.5) is 0 Å². The SMILES string of the molecule is CCC(C)(NC(=O)C(OC)c1ccccc1)C(=O)O. The number of carbonyl (C=O) groups excluding carboxylic acids is 1. The van der Waals surface area contributed by atoms with Crippen molar-refractivity contribution in [2.24, 2.45) is 0 Å². The third kappa shape index (κ3) is 3.54. The van der Waals surface area contributed by atoms with Crippen LogP contribution in [0.3, 0.4) is 0 Å². The molecule has 0 bridgehead atoms. The minimum Gasteiger partial charge on any atom is -0.480 e. The first kappa shape index (κ1) is 15.2. The van der Waals surface area contributed by atoms with Crippen LogP contribution < -0.4 is 5.32 Å². The quantitative estimate of drug-likeness (QED) is 0.821. The highest BCUT2D eigenvalue weighted by atomic mass is 16.5. The first-order chi connectivity index (χ1) is 8.94. The molecule has 0 aliphatic carbocycles. The second-order valence-corrected chi connectivity index (χ2v) is 4.51. The number of ether oxygens (including phenoxy) is 1. The number of hydrogen-bond acceptors (Lipinski definition) is 3. The molecule has 19 heavy (non-hydrogen) atoms. The smallest absolute Gasteiger partial charge is 0.329 e. The number of hydrogen-bond donors (Lipinski definition) is 2. The van der Waals surface area contributed by atoms with Crippen LogP contribution in [0.1, 0.15) is 31.9 Å². The van der Waals surface area contributed by atoms with Crippen LogP contribution in [0.15, 0.2) is 30.3 Å². The van der Waals surface area contributed by atoms with Gasteiger partial charge in [0.05, 0.1) is 0 Å². The minimum absolute atomic E-state index is 0.291. The van der Waals surface area contributed by atoms with Gasteiger partial charge in [-0.2, -0.15) is 0 Å². The first-order valence-electron chi connectivity index (χ1n) is 6.07. The summed E-state index contributed by atoms with van der Waals surface area (Å²) in [7, 11) is 1.42. The Kier molecular flexibility index (Phi) is 5.06. The molecule has 1 aromatic rings. The highest BCUT2D eigenvalue weighted by Crippen LogP contribution is 2.19. The molecule has 0 aliphatic heterocycles. The predicted octanol–water partition coefficient (Wildman–Crippen LogP) is 1.74. The molecule has 2 N–H and O–H groups in total. The molecular formula is C14H19NO4. The second kappa shape index (κ2) is 6.33. The Labute approximate surface area is 112 Å². The Hall–Kier alpha value is -1.88. The number of nitrogens with one attached hydrogen (secondary N) is 1. The van der Waals surface area contributed by atoms with Crippen molar-refractivity contribution in [2.75, 3.05) is 7.11 Å². The Morgan fingerprint density at radius 1 is 1.37 bits per heavy atom. The maximum absolute atomic E-state index is 12.2. The molecular weight excluding hydrogens is 246 g/mol. The summed E-state index contributed by atoms with van der Waals surface area (Å²) in [4.78, 5) is 23.3. The van der Waals surface area contributed by atoms with Crippen molar-refractivity contribution in [3.63, 3.8) is 0 Å². The lowest BCUT2D eigenvalue weighted by atomic mass is 9.98. The van der Waals surface area contributed by atoms with Gasteiger partial charge < -0.3 is 15.2 Å². The molecule has 0 spiro atoms. The Bertz CT molecular complexity index is 446. The maximum Gasteiger partial charge on any atom is 0.329 e. The topological polar surface area (TPSA) is 75.6 Å². The molecule has 0 fully saturated rings. The molecule has 0 aromatic heterocycles. The number of carboxylic acids is 1. The summed E-state index contributed by atoms with van der Waals surface area (Å²) in [6.07, 6.45) is -0.523. The molecule has 0 heterocycles. The standard InChI is InChI=1S/C14H19NO4/c1-4-14(2,13(17)18)15-12(16)11(19-3)10-8-6-5-7-9-10/h5-9,11H,4H2,1-3H3,(H,15,16)(H,17,18). The van der Waals surface area contributed by atoms with Crippen LogP contribution in [0.2, 0.25) is 0 Å². The Balaban J connectivity index is 2.89. The third-order valence-corrected chi connectivity index (χ3v) is 3.15. The Morgan fingerprint density at radius 3 is 2.37 bits per heavy atom. The molecule has 5 nitrogen and oxygen atoms in total. The summed E-state index contributed by atoms with van der Waals surface area (Å²) in [5.41, 5.74) is -0.603. The lowest BCUT2D eigenvalue weighted by molar-refractivity contribution is -0.149. The fraction of sp³-hybridized carbons (Fsp3) is 0.429. The molecule has 0 aliphatic rings. The van der Waals surface area contributed by atoms with E-state index in [9.17, 15) is 9.59 Å². The van der Waals surface area contributed by atoms with E-state index >= 15 is 0 Å². The minimum atomic E-state index is -1.29. The van der Waals surface area contributed by atoms with Crippen LogP contribution in [0.5, 0.6) is 0 Å². The summed E-state index contributed by atoms with van der Waals surface area (Å²) in [5, 5.41) is 11.7. The molecule has 0 saturated heterocycles. The molecule has 1 amide bonds. The van der Waals surface area contributed by atoms with Crippen LogP contribution in [-0.2, 0) is 14.3 Å². The van der Waals surface area contributed by atoms with E-state index in [1.807, 2.05) is 6.07 Å². The summed E-state index contributed by atoms with van der Waals surface area (Å²) in [6, 6.07) is 8.95. The van der Waals surface area contributed by atoms with E-state index < -0.39 is 23.5 Å². The van der Waals surface area contributed by atoms with Crippen molar-refractivity contribution in [3.8, 4) is 0 Å². The lowest BCUT2D eigenvalue weighted by Crippen LogP contribution is -2.53. The Morgan fingerprint density at radius 2 is 1.95 bits per heavy atom. The monoisotopic (exact) mass is 265 g/mol. The summed E-state index contributed by atoms with van der Waals surface area (Å²) in [5.74, 6) is -1.52. The van der Waals surface area contributed by atoms with Crippen molar-refractivity contribution in [1.82, 2.24) is 5.32 Å². The lowest BCUT2D eigenvalue weighted by Gasteiger charge is -2.27. The molecule has 1 rings (SSSR count). The van der Waals surface area contributed by atoms with E-state index in [1.165, 1.54) is 14.0 Å². The molecule has 0 saturated carbocycles. The van der Waals surface area contributed by atoms with Gasteiger partial charge in [-0.15, -0.1) is 0 Å². The molecule has 0 radical (unpaired) electrons. The van der Waals surface area contributed by atoms with Gasteiger partial charge in [0.1, 0.15) is 5.54 Å². The van der Waals surface area contributed by atoms with Crippen molar-refractivity contribution < 1.29 is 19.4 Å². The van der Waals surface area contributed by atoms with Crippen molar-refractivity contribution in [1.29, 1.82) is 0 Å². The van der Waals surface area contributed by atoms with Crippen molar-refractivity contribution >= 4 is 11.9 Å². The fourth-order valence-corrected chi connectivity index (χ4v) is 1.65. The van der Waals surface area contributed by atoms with Gasteiger partial charge in [0, 0.05) is 7.11 Å². The summed E-state index contributed by atoms with van der Waals surface area (Å²) >= 11 is 0. The van der Waals surface area contributed by atoms with E-state index in [0.29, 0.717) is 12.0 Å². The van der Waals surface area contributed by atoms with Gasteiger partial charge in [-0.3, -0.25) is 4.79 Å². The van der Waals surface area contributed by atoms with E-state index in [1.54, 1.807) is 31.2 Å². The number of carbonyl (C=O) groups is 2. The number of carboxylic acid groups (broad SMARTS) is 1. The number of amides is 1. The van der Waals surface area contributed by atoms with Gasteiger partial charge in [0.15, 0.2) is 6.10 Å². The third-order valence-electron chi connectivity index (χ3n) is 3.15. The number of aliphatic carboxylic acids is 1. The largest absolute Gasteiger partial charge is 0.480 e. The number of methoxy groups -OCH3 is 1. The average molecular weight is 265 g/mol. The van der Waals surface area contributed by atoms with Crippen molar-refractivity contribution in [2.45, 2.75) is 31.9 Å². The van der Waals surface area contributed by atoms with Gasteiger partial charge in [-0.1, -0.05) is 37.3 Å². The van der Waals surface area contributed by atoms with Gasteiger partial charge in [-0.25, -0.2) is 4.79 Å². The van der Waals surface area contributed by atoms with Crippen LogP contribution in [-0.4, -0.2) is 29.6 Å². The zero-order valence-corrected chi connectivity index (χ0v) is 11.3. The van der Waals surface area contributed by atoms with Gasteiger partial charge >= 0.3 is 5.97 Å². The first-order valence-corrected chi connectivity index (χ1v) is 6.07. The zero-order chi connectivity index (χ0) is 14.5. The van der Waals surface area contributed by atoms with Crippen molar-refractivity contribution in [3.05, 3.63) is 35.9 Å². The fourth-order valence-electron chi connectivity index (χ4n) is 1.65. The highest BCUT2D eigenvalue weighted by Gasteiger charge is 2.35. The van der Waals surface area contributed by atoms with E-state index in [2.05, 4.69) is 5.32 Å². The van der Waals surface area contributed by atoms with Crippen LogP contribution in [0.25, 0.3) is 0 Å². The molecule has 1 aromatic carbocycles. The van der Waals surface area contributed by atoms with E-state index in [4.69, 9.17) is 9.84 Å². The summed E-state index contributed by atoms with van der Waals surface area (Å²) < 4.78 is 5.16. The van der Waals surface area contributed by atoms with Crippen LogP contribution >= 0.6 is 0 Å². The predicted molar refractivity (Wildman–Crippen MR) is 70.7 cm³/mol. The highest BCUT2D eigenvalue weighted by molar-refractivity contribution is 5.89. The molecule has 2 unspecified atom stereocenters. The second-order valence-electron chi connectivity index (χ2n) is 4.51. The van der Waals surface area contributed by atoms with Gasteiger partial charge in [0.25, 0.3) is 5.91 Å². The zero-order valence-electron chi connectivity index (χ0n) is 11.3. The summed E-state index contributed by atoms with van der Waals surface area (Å²) in [6.45, 7) is 3.18. The van der Waals surface area contributed by atoms with E-state index in [-0.39, 0.29) is 0 Å². The van der Waals surface area contributed by atoms with E-state index in [0.717, 1.165) is 0 Å². The number of rotatable bonds is 6. The van der Waals surface area contributed by atoms with Crippen LogP contribution in [0, 0.1) is 0 Å². The molecule has 2 atom stereocenters.